The number of hydrogen-bond donors (Lipinski definition) is 1. The zero-order chi connectivity index (χ0) is 12.4. The van der Waals surface area contributed by atoms with Crippen molar-refractivity contribution in [3.63, 3.8) is 0 Å². The standard InChI is InChI=1S/C17H25N/c1-2-18-17(14-8-5-9-14)16-11-10-13-6-3-4-7-15(13)12-16/h3-4,6-7,14,16-18H,2,5,8-12H2,1H3. The molecular formula is C17H25N. The van der Waals surface area contributed by atoms with Crippen LogP contribution in [0.1, 0.15) is 43.7 Å². The number of benzene rings is 1. The lowest BCUT2D eigenvalue weighted by Gasteiger charge is -2.41. The Labute approximate surface area is 111 Å². The molecule has 0 aromatic heterocycles. The van der Waals surface area contributed by atoms with Gasteiger partial charge in [-0.1, -0.05) is 37.6 Å². The van der Waals surface area contributed by atoms with Gasteiger partial charge in [0.2, 0.25) is 0 Å². The van der Waals surface area contributed by atoms with E-state index in [0.29, 0.717) is 0 Å². The lowest BCUT2D eigenvalue weighted by molar-refractivity contribution is 0.165. The van der Waals surface area contributed by atoms with Crippen LogP contribution in [0, 0.1) is 11.8 Å². The smallest absolute Gasteiger partial charge is 0.0127 e. The summed E-state index contributed by atoms with van der Waals surface area (Å²) in [6.45, 7) is 3.38. The third-order valence-corrected chi connectivity index (χ3v) is 4.99. The van der Waals surface area contributed by atoms with Crippen molar-refractivity contribution in [2.45, 2.75) is 51.5 Å². The average Bonchev–Trinajstić information content (AvgIpc) is 2.35. The van der Waals surface area contributed by atoms with Gasteiger partial charge in [-0.3, -0.25) is 0 Å². The Kier molecular flexibility index (Phi) is 3.69. The highest BCUT2D eigenvalue weighted by atomic mass is 14.9. The monoisotopic (exact) mass is 243 g/mol. The van der Waals surface area contributed by atoms with Crippen molar-refractivity contribution in [2.75, 3.05) is 6.54 Å². The second kappa shape index (κ2) is 5.44. The minimum atomic E-state index is 0.775. The van der Waals surface area contributed by atoms with Gasteiger partial charge in [0.25, 0.3) is 0 Å². The average molecular weight is 243 g/mol. The molecule has 0 radical (unpaired) electrons. The highest BCUT2D eigenvalue weighted by Gasteiger charge is 2.34. The predicted molar refractivity (Wildman–Crippen MR) is 76.8 cm³/mol. The van der Waals surface area contributed by atoms with Crippen LogP contribution in [0.5, 0.6) is 0 Å². The van der Waals surface area contributed by atoms with E-state index in [9.17, 15) is 0 Å². The molecule has 0 heterocycles. The molecule has 1 saturated carbocycles. The van der Waals surface area contributed by atoms with E-state index in [1.54, 1.807) is 11.1 Å². The Bertz CT molecular complexity index is 394. The molecule has 1 heteroatoms. The van der Waals surface area contributed by atoms with E-state index >= 15 is 0 Å². The maximum atomic E-state index is 3.79. The topological polar surface area (TPSA) is 12.0 Å². The SMILES string of the molecule is CCNC(C1CCC1)C1CCc2ccccc2C1. The molecule has 3 rings (SSSR count). The largest absolute Gasteiger partial charge is 0.314 e. The van der Waals surface area contributed by atoms with Gasteiger partial charge in [0.15, 0.2) is 0 Å². The summed E-state index contributed by atoms with van der Waals surface area (Å²) < 4.78 is 0. The Hall–Kier alpha value is -0.820. The Morgan fingerprint density at radius 1 is 1.11 bits per heavy atom. The lowest BCUT2D eigenvalue weighted by atomic mass is 9.70. The zero-order valence-electron chi connectivity index (χ0n) is 11.5. The van der Waals surface area contributed by atoms with E-state index in [1.165, 1.54) is 38.5 Å². The van der Waals surface area contributed by atoms with Crippen LogP contribution in [-0.4, -0.2) is 12.6 Å². The van der Waals surface area contributed by atoms with Gasteiger partial charge in [-0.15, -0.1) is 0 Å². The fourth-order valence-corrected chi connectivity index (χ4v) is 3.79. The summed E-state index contributed by atoms with van der Waals surface area (Å²) in [4.78, 5) is 0. The molecule has 2 unspecified atom stereocenters. The summed E-state index contributed by atoms with van der Waals surface area (Å²) >= 11 is 0. The number of fused-ring (bicyclic) bond motifs is 1. The molecule has 1 aromatic rings. The molecule has 98 valence electrons. The molecule has 0 aliphatic heterocycles. The number of rotatable bonds is 4. The molecule has 1 fully saturated rings. The van der Waals surface area contributed by atoms with Gasteiger partial charge in [0.1, 0.15) is 0 Å². The van der Waals surface area contributed by atoms with Gasteiger partial charge < -0.3 is 5.32 Å². The van der Waals surface area contributed by atoms with Crippen molar-refractivity contribution in [1.82, 2.24) is 5.32 Å². The third-order valence-electron chi connectivity index (χ3n) is 4.99. The maximum absolute atomic E-state index is 3.79. The van der Waals surface area contributed by atoms with Gasteiger partial charge in [0, 0.05) is 6.04 Å². The van der Waals surface area contributed by atoms with E-state index in [-0.39, 0.29) is 0 Å². The molecule has 1 nitrogen and oxygen atoms in total. The van der Waals surface area contributed by atoms with Crippen LogP contribution in [-0.2, 0) is 12.8 Å². The molecule has 0 bridgehead atoms. The van der Waals surface area contributed by atoms with Crippen LogP contribution in [0.2, 0.25) is 0 Å². The van der Waals surface area contributed by atoms with Crippen molar-refractivity contribution in [3.8, 4) is 0 Å². The van der Waals surface area contributed by atoms with Crippen molar-refractivity contribution in [3.05, 3.63) is 35.4 Å². The number of aryl methyl sites for hydroxylation is 1. The van der Waals surface area contributed by atoms with Gasteiger partial charge in [-0.2, -0.15) is 0 Å². The van der Waals surface area contributed by atoms with Crippen molar-refractivity contribution >= 4 is 0 Å². The second-order valence-electron chi connectivity index (χ2n) is 6.05. The van der Waals surface area contributed by atoms with Crippen LogP contribution in [0.25, 0.3) is 0 Å². The predicted octanol–water partition coefficient (Wildman–Crippen LogP) is 3.57. The molecule has 2 aliphatic rings. The molecule has 18 heavy (non-hydrogen) atoms. The Balaban J connectivity index is 1.72. The van der Waals surface area contributed by atoms with E-state index in [2.05, 4.69) is 36.5 Å². The van der Waals surface area contributed by atoms with Gasteiger partial charge in [-0.05, 0) is 61.6 Å². The minimum Gasteiger partial charge on any atom is -0.314 e. The van der Waals surface area contributed by atoms with Crippen LogP contribution >= 0.6 is 0 Å². The molecule has 0 saturated heterocycles. The van der Waals surface area contributed by atoms with Crippen molar-refractivity contribution in [1.29, 1.82) is 0 Å². The first kappa shape index (κ1) is 12.2. The first-order valence-electron chi connectivity index (χ1n) is 7.68. The third kappa shape index (κ3) is 2.33. The second-order valence-corrected chi connectivity index (χ2v) is 6.05. The number of nitrogens with one attached hydrogen (secondary N) is 1. The molecular weight excluding hydrogens is 218 g/mol. The highest BCUT2D eigenvalue weighted by molar-refractivity contribution is 5.30. The lowest BCUT2D eigenvalue weighted by Crippen LogP contribution is -2.46. The summed E-state index contributed by atoms with van der Waals surface area (Å²) in [7, 11) is 0. The molecule has 1 N–H and O–H groups in total. The van der Waals surface area contributed by atoms with Crippen molar-refractivity contribution in [2.24, 2.45) is 11.8 Å². The van der Waals surface area contributed by atoms with E-state index in [1.807, 2.05) is 0 Å². The van der Waals surface area contributed by atoms with Crippen LogP contribution in [0.4, 0.5) is 0 Å². The highest BCUT2D eigenvalue weighted by Crippen LogP contribution is 2.37. The van der Waals surface area contributed by atoms with Gasteiger partial charge >= 0.3 is 0 Å². The molecule has 0 amide bonds. The maximum Gasteiger partial charge on any atom is 0.0127 e. The summed E-state index contributed by atoms with van der Waals surface area (Å²) in [6.07, 6.45) is 8.33. The van der Waals surface area contributed by atoms with E-state index < -0.39 is 0 Å². The molecule has 2 aliphatic carbocycles. The van der Waals surface area contributed by atoms with Crippen LogP contribution < -0.4 is 5.32 Å². The summed E-state index contributed by atoms with van der Waals surface area (Å²) in [5.41, 5.74) is 3.20. The van der Waals surface area contributed by atoms with Gasteiger partial charge in [-0.25, -0.2) is 0 Å². The Morgan fingerprint density at radius 2 is 1.89 bits per heavy atom. The van der Waals surface area contributed by atoms with Crippen molar-refractivity contribution < 1.29 is 0 Å². The molecule has 0 spiro atoms. The fourth-order valence-electron chi connectivity index (χ4n) is 3.79. The first-order valence-corrected chi connectivity index (χ1v) is 7.68. The van der Waals surface area contributed by atoms with Gasteiger partial charge in [0.05, 0.1) is 0 Å². The zero-order valence-corrected chi connectivity index (χ0v) is 11.5. The number of hydrogen-bond acceptors (Lipinski definition) is 1. The normalized spacial score (nSPS) is 25.3. The summed E-state index contributed by atoms with van der Waals surface area (Å²) in [5.74, 6) is 1.82. The molecule has 2 atom stereocenters. The molecule has 1 aromatic carbocycles. The quantitative estimate of drug-likeness (QED) is 0.852. The summed E-state index contributed by atoms with van der Waals surface area (Å²) in [6, 6.07) is 9.82. The van der Waals surface area contributed by atoms with Crippen LogP contribution in [0.15, 0.2) is 24.3 Å². The fraction of sp³-hybridized carbons (Fsp3) is 0.647. The van der Waals surface area contributed by atoms with Crippen LogP contribution in [0.3, 0.4) is 0 Å². The first-order chi connectivity index (χ1) is 8.88. The summed E-state index contributed by atoms with van der Waals surface area (Å²) in [5, 5.41) is 3.79. The van der Waals surface area contributed by atoms with E-state index in [4.69, 9.17) is 0 Å². The Morgan fingerprint density at radius 3 is 2.56 bits per heavy atom. The van der Waals surface area contributed by atoms with E-state index in [0.717, 1.165) is 24.4 Å². The minimum absolute atomic E-state index is 0.775.